The molecule has 0 aliphatic heterocycles. The first-order valence-corrected chi connectivity index (χ1v) is 9.45. The molecule has 3 aromatic heterocycles. The van der Waals surface area contributed by atoms with Crippen molar-refractivity contribution >= 4 is 22.7 Å². The Morgan fingerprint density at radius 1 is 0.583 bits per heavy atom. The van der Waals surface area contributed by atoms with Crippen LogP contribution in [0.25, 0.3) is 0 Å². The van der Waals surface area contributed by atoms with Crippen molar-refractivity contribution in [2.75, 3.05) is 0 Å². The van der Waals surface area contributed by atoms with Crippen LogP contribution in [0, 0.1) is 62.3 Å². The Kier molecular flexibility index (Phi) is 7.76. The molecular formula is C18H27N3OS2. The number of aromatic nitrogens is 3. The molecule has 3 heterocycles. The highest BCUT2D eigenvalue weighted by Gasteiger charge is 1.97. The predicted octanol–water partition coefficient (Wildman–Crippen LogP) is 5.74. The molecule has 0 saturated carbocycles. The van der Waals surface area contributed by atoms with Gasteiger partial charge in [-0.25, -0.2) is 15.0 Å². The lowest BCUT2D eigenvalue weighted by atomic mass is 10.4. The Morgan fingerprint density at radius 2 is 1.00 bits per heavy atom. The zero-order valence-electron chi connectivity index (χ0n) is 16.1. The van der Waals surface area contributed by atoms with E-state index in [0.29, 0.717) is 0 Å². The van der Waals surface area contributed by atoms with Crippen molar-refractivity contribution in [2.24, 2.45) is 0 Å². The molecule has 0 bridgehead atoms. The first kappa shape index (κ1) is 20.5. The molecular weight excluding hydrogens is 338 g/mol. The molecule has 24 heavy (non-hydrogen) atoms. The van der Waals surface area contributed by atoms with Crippen molar-refractivity contribution in [2.45, 2.75) is 62.3 Å². The highest BCUT2D eigenvalue weighted by Crippen LogP contribution is 2.14. The summed E-state index contributed by atoms with van der Waals surface area (Å²) in [5, 5.41) is 2.33. The zero-order valence-corrected chi connectivity index (χ0v) is 17.7. The first-order chi connectivity index (χ1) is 11.1. The molecule has 0 aromatic carbocycles. The largest absolute Gasteiger partial charge is 0.446 e. The van der Waals surface area contributed by atoms with Crippen LogP contribution in [-0.2, 0) is 0 Å². The maximum atomic E-state index is 5.10. The molecule has 0 atom stereocenters. The Hall–Kier alpha value is -1.53. The number of hydrogen-bond acceptors (Lipinski definition) is 6. The van der Waals surface area contributed by atoms with E-state index in [1.54, 1.807) is 22.7 Å². The normalized spacial score (nSPS) is 9.88. The molecule has 0 unspecified atom stereocenters. The standard InChI is InChI=1S/C6H9NO.2C6H9NS/c3*1-4-5(2)8-6(3)7-4/h3*1-3H3. The summed E-state index contributed by atoms with van der Waals surface area (Å²) in [6.45, 7) is 18.0. The number of rotatable bonds is 0. The lowest BCUT2D eigenvalue weighted by molar-refractivity contribution is 0.493. The van der Waals surface area contributed by atoms with E-state index in [0.717, 1.165) is 17.3 Å². The second-order valence-electron chi connectivity index (χ2n) is 5.62. The Balaban J connectivity index is 0.000000180. The molecule has 0 N–H and O–H groups in total. The molecule has 0 radical (unpaired) electrons. The lowest BCUT2D eigenvalue weighted by Crippen LogP contribution is -1.71. The fourth-order valence-electron chi connectivity index (χ4n) is 1.90. The summed E-state index contributed by atoms with van der Waals surface area (Å²) in [7, 11) is 0. The number of oxazole rings is 1. The van der Waals surface area contributed by atoms with E-state index in [1.807, 2.05) is 48.5 Å². The summed E-state index contributed by atoms with van der Waals surface area (Å²) in [6, 6.07) is 0. The average molecular weight is 366 g/mol. The molecule has 4 nitrogen and oxygen atoms in total. The van der Waals surface area contributed by atoms with E-state index < -0.39 is 0 Å². The van der Waals surface area contributed by atoms with Crippen molar-refractivity contribution in [1.82, 2.24) is 15.0 Å². The molecule has 6 heteroatoms. The molecule has 3 aromatic rings. The fourth-order valence-corrected chi connectivity index (χ4v) is 3.54. The van der Waals surface area contributed by atoms with Gasteiger partial charge in [-0.05, 0) is 55.4 Å². The summed E-state index contributed by atoms with van der Waals surface area (Å²) in [4.78, 5) is 15.2. The zero-order chi connectivity index (χ0) is 18.4. The second-order valence-corrected chi connectivity index (χ2v) is 8.44. The lowest BCUT2D eigenvalue weighted by Gasteiger charge is -1.77. The van der Waals surface area contributed by atoms with Gasteiger partial charge in [0.05, 0.1) is 27.1 Å². The van der Waals surface area contributed by atoms with Gasteiger partial charge in [0.15, 0.2) is 5.89 Å². The van der Waals surface area contributed by atoms with Crippen LogP contribution in [0.4, 0.5) is 0 Å². The first-order valence-electron chi connectivity index (χ1n) is 7.82. The van der Waals surface area contributed by atoms with Crippen LogP contribution in [0.15, 0.2) is 4.42 Å². The highest BCUT2D eigenvalue weighted by molar-refractivity contribution is 7.11. The van der Waals surface area contributed by atoms with Gasteiger partial charge >= 0.3 is 0 Å². The van der Waals surface area contributed by atoms with Gasteiger partial charge in [0.2, 0.25) is 0 Å². The second kappa shape index (κ2) is 9.08. The predicted molar refractivity (Wildman–Crippen MR) is 103 cm³/mol. The van der Waals surface area contributed by atoms with E-state index in [4.69, 9.17) is 4.42 Å². The maximum Gasteiger partial charge on any atom is 0.191 e. The molecule has 0 aliphatic rings. The van der Waals surface area contributed by atoms with Crippen LogP contribution in [0.3, 0.4) is 0 Å². The monoisotopic (exact) mass is 365 g/mol. The van der Waals surface area contributed by atoms with Crippen LogP contribution in [-0.4, -0.2) is 15.0 Å². The quantitative estimate of drug-likeness (QED) is 0.510. The van der Waals surface area contributed by atoms with E-state index in [-0.39, 0.29) is 0 Å². The van der Waals surface area contributed by atoms with Gasteiger partial charge in [0.25, 0.3) is 0 Å². The van der Waals surface area contributed by atoms with Crippen molar-refractivity contribution in [3.63, 3.8) is 0 Å². The van der Waals surface area contributed by atoms with Crippen LogP contribution in [0.1, 0.15) is 48.5 Å². The van der Waals surface area contributed by atoms with Crippen LogP contribution < -0.4 is 0 Å². The summed E-state index contributed by atoms with van der Waals surface area (Å²) >= 11 is 3.52. The number of aryl methyl sites for hydroxylation is 9. The van der Waals surface area contributed by atoms with E-state index in [2.05, 4.69) is 28.8 Å². The topological polar surface area (TPSA) is 51.8 Å². The Morgan fingerprint density at radius 3 is 1.08 bits per heavy atom. The summed E-state index contributed by atoms with van der Waals surface area (Å²) in [5.74, 6) is 1.67. The smallest absolute Gasteiger partial charge is 0.191 e. The fraction of sp³-hybridized carbons (Fsp3) is 0.500. The molecule has 0 saturated heterocycles. The van der Waals surface area contributed by atoms with E-state index >= 15 is 0 Å². The minimum atomic E-state index is 0.750. The molecule has 0 fully saturated rings. The molecule has 3 rings (SSSR count). The maximum absolute atomic E-state index is 5.10. The number of hydrogen-bond donors (Lipinski definition) is 0. The van der Waals surface area contributed by atoms with Gasteiger partial charge < -0.3 is 4.42 Å². The molecule has 0 aliphatic carbocycles. The third-order valence-electron chi connectivity index (χ3n) is 3.41. The summed E-state index contributed by atoms with van der Waals surface area (Å²) in [6.07, 6.45) is 0. The van der Waals surface area contributed by atoms with Crippen molar-refractivity contribution < 1.29 is 4.42 Å². The van der Waals surface area contributed by atoms with Crippen LogP contribution in [0.2, 0.25) is 0 Å². The van der Waals surface area contributed by atoms with Gasteiger partial charge in [-0.2, -0.15) is 0 Å². The van der Waals surface area contributed by atoms with E-state index in [1.165, 1.54) is 31.2 Å². The van der Waals surface area contributed by atoms with Crippen LogP contribution in [0.5, 0.6) is 0 Å². The van der Waals surface area contributed by atoms with Gasteiger partial charge in [0.1, 0.15) is 5.76 Å². The molecule has 0 spiro atoms. The summed E-state index contributed by atoms with van der Waals surface area (Å²) < 4.78 is 5.10. The highest BCUT2D eigenvalue weighted by atomic mass is 32.1. The Bertz CT molecular complexity index is 621. The third kappa shape index (κ3) is 6.53. The molecule has 132 valence electrons. The van der Waals surface area contributed by atoms with E-state index in [9.17, 15) is 0 Å². The number of thiazole rings is 2. The SMILES string of the molecule is Cc1nc(C)c(C)o1.Cc1nc(C)c(C)s1.Cc1nc(C)c(C)s1. The van der Waals surface area contributed by atoms with Crippen molar-refractivity contribution in [3.05, 3.63) is 48.5 Å². The summed E-state index contributed by atoms with van der Waals surface area (Å²) in [5.41, 5.74) is 3.34. The Labute approximate surface area is 153 Å². The van der Waals surface area contributed by atoms with Crippen molar-refractivity contribution in [3.8, 4) is 0 Å². The minimum Gasteiger partial charge on any atom is -0.446 e. The van der Waals surface area contributed by atoms with Crippen molar-refractivity contribution in [1.29, 1.82) is 0 Å². The van der Waals surface area contributed by atoms with Gasteiger partial charge in [-0.15, -0.1) is 22.7 Å². The third-order valence-corrected chi connectivity index (χ3v) is 5.38. The van der Waals surface area contributed by atoms with Gasteiger partial charge in [0, 0.05) is 16.7 Å². The molecule has 0 amide bonds. The van der Waals surface area contributed by atoms with Crippen LogP contribution >= 0.6 is 22.7 Å². The average Bonchev–Trinajstić information content (AvgIpc) is 3.01. The number of nitrogens with zero attached hydrogens (tertiary/aromatic N) is 3. The van der Waals surface area contributed by atoms with Gasteiger partial charge in [-0.3, -0.25) is 0 Å². The minimum absolute atomic E-state index is 0.750. The van der Waals surface area contributed by atoms with Gasteiger partial charge in [-0.1, -0.05) is 0 Å².